The van der Waals surface area contributed by atoms with Crippen molar-refractivity contribution in [2.75, 3.05) is 11.1 Å². The number of nitrogen functional groups attached to an aromatic ring is 1. The van der Waals surface area contributed by atoms with E-state index in [1.807, 2.05) is 0 Å². The number of carbonyl (C=O) groups is 1. The highest BCUT2D eigenvalue weighted by Gasteiger charge is 2.16. The number of pyridine rings is 1. The van der Waals surface area contributed by atoms with Gasteiger partial charge >= 0.3 is 6.03 Å². The van der Waals surface area contributed by atoms with Gasteiger partial charge < -0.3 is 15.5 Å². The number of rotatable bonds is 5. The van der Waals surface area contributed by atoms with Gasteiger partial charge in [-0.2, -0.15) is 0 Å². The zero-order valence-electron chi connectivity index (χ0n) is 13.6. The molecule has 0 unspecified atom stereocenters. The first-order chi connectivity index (χ1) is 12.5. The molecule has 2 heterocycles. The van der Waals surface area contributed by atoms with Gasteiger partial charge in [0.05, 0.1) is 24.0 Å². The number of hydrogen-bond acceptors (Lipinski definition) is 5. The van der Waals surface area contributed by atoms with Crippen molar-refractivity contribution in [3.05, 3.63) is 71.8 Å². The lowest BCUT2D eigenvalue weighted by Gasteiger charge is -2.08. The summed E-state index contributed by atoms with van der Waals surface area (Å²) in [5, 5.41) is 11.2. The van der Waals surface area contributed by atoms with Crippen molar-refractivity contribution >= 4 is 23.2 Å². The maximum Gasteiger partial charge on any atom is 0.320 e. The van der Waals surface area contributed by atoms with Crippen LogP contribution < -0.4 is 21.8 Å². The van der Waals surface area contributed by atoms with E-state index in [-0.39, 0.29) is 18.2 Å². The molecule has 2 aromatic heterocycles. The molecular formula is C17H16FN6O2+. The third-order valence-electron chi connectivity index (χ3n) is 3.51. The summed E-state index contributed by atoms with van der Waals surface area (Å²) in [6, 6.07) is 6.70. The molecule has 6 N–H and O–H groups in total. The molecule has 0 aliphatic heterocycles. The van der Waals surface area contributed by atoms with Gasteiger partial charge in [0.1, 0.15) is 17.9 Å². The van der Waals surface area contributed by atoms with Crippen molar-refractivity contribution in [2.45, 2.75) is 6.54 Å². The number of urea groups is 1. The molecule has 9 heteroatoms. The van der Waals surface area contributed by atoms with Crippen LogP contribution in [-0.4, -0.2) is 21.7 Å². The van der Waals surface area contributed by atoms with Crippen LogP contribution in [0.5, 0.6) is 0 Å². The van der Waals surface area contributed by atoms with Crippen LogP contribution in [0.1, 0.15) is 17.0 Å². The number of nitrogens with one attached hydrogen (secondary N) is 2. The molecule has 0 spiro atoms. The summed E-state index contributed by atoms with van der Waals surface area (Å²) in [5.74, 6) is 0.274. The minimum absolute atomic E-state index is 0.137. The Morgan fingerprint density at radius 3 is 2.69 bits per heavy atom. The van der Waals surface area contributed by atoms with Crippen molar-refractivity contribution in [1.29, 1.82) is 0 Å². The minimum Gasteiger partial charge on any atom is -0.447 e. The molecule has 1 aromatic carbocycles. The van der Waals surface area contributed by atoms with E-state index < -0.39 is 6.03 Å². The first-order valence-electron chi connectivity index (χ1n) is 7.60. The monoisotopic (exact) mass is 355 g/mol. The van der Waals surface area contributed by atoms with Crippen molar-refractivity contribution in [3.8, 4) is 0 Å². The molecular weight excluding hydrogens is 339 g/mol. The van der Waals surface area contributed by atoms with E-state index in [1.54, 1.807) is 12.1 Å². The summed E-state index contributed by atoms with van der Waals surface area (Å²) in [7, 11) is 0. The maximum absolute atomic E-state index is 13.0. The molecule has 0 saturated heterocycles. The lowest BCUT2D eigenvalue weighted by Crippen LogP contribution is -2.41. The van der Waals surface area contributed by atoms with E-state index in [0.717, 1.165) is 0 Å². The quantitative estimate of drug-likeness (QED) is 0.501. The molecule has 0 aliphatic rings. The molecule has 0 saturated carbocycles. The number of halogens is 1. The van der Waals surface area contributed by atoms with Crippen molar-refractivity contribution < 1.29 is 19.0 Å². The summed E-state index contributed by atoms with van der Waals surface area (Å²) < 4.78 is 18.0. The summed E-state index contributed by atoms with van der Waals surface area (Å²) >= 11 is 0. The molecule has 3 rings (SSSR count). The standard InChI is InChI=1S/C17H15FN6O2/c18-11-3-1-10(2-4-11)16(20)12-8-22-14(7-13(12)19)24-17(25)23-9-15-21-5-6-26-15/h1-8,20H,9H2,(H4,19,22,23,24,25)/p+1. The topological polar surface area (TPSA) is 132 Å². The number of nitrogens with zero attached hydrogens (tertiary/aromatic N) is 2. The minimum atomic E-state index is -0.488. The first-order valence-corrected chi connectivity index (χ1v) is 7.60. The first kappa shape index (κ1) is 17.1. The van der Waals surface area contributed by atoms with E-state index in [4.69, 9.17) is 15.6 Å². The summed E-state index contributed by atoms with van der Waals surface area (Å²) in [4.78, 5) is 19.9. The Hall–Kier alpha value is -3.75. The predicted octanol–water partition coefficient (Wildman–Crippen LogP) is 0.709. The number of benzene rings is 1. The van der Waals surface area contributed by atoms with E-state index >= 15 is 0 Å². The molecule has 132 valence electrons. The fourth-order valence-electron chi connectivity index (χ4n) is 2.21. The molecule has 0 atom stereocenters. The second-order valence-corrected chi connectivity index (χ2v) is 5.31. The van der Waals surface area contributed by atoms with Gasteiger partial charge in [0, 0.05) is 17.8 Å². The van der Waals surface area contributed by atoms with Gasteiger partial charge in [-0.25, -0.2) is 19.2 Å². The Balaban J connectivity index is 1.66. The predicted molar refractivity (Wildman–Crippen MR) is 92.5 cm³/mol. The fourth-order valence-corrected chi connectivity index (χ4v) is 2.21. The van der Waals surface area contributed by atoms with Crippen LogP contribution >= 0.6 is 0 Å². The van der Waals surface area contributed by atoms with Crippen molar-refractivity contribution in [2.24, 2.45) is 0 Å². The van der Waals surface area contributed by atoms with Crippen LogP contribution in [0, 0.1) is 5.82 Å². The normalized spacial score (nSPS) is 10.3. The van der Waals surface area contributed by atoms with Gasteiger partial charge in [-0.05, 0) is 24.3 Å². The van der Waals surface area contributed by atoms with Crippen LogP contribution in [0.15, 0.2) is 53.4 Å². The Morgan fingerprint density at radius 2 is 2.04 bits per heavy atom. The van der Waals surface area contributed by atoms with E-state index in [1.165, 1.54) is 36.9 Å². The summed E-state index contributed by atoms with van der Waals surface area (Å²) in [5.41, 5.74) is 7.79. The molecule has 8 nitrogen and oxygen atoms in total. The maximum atomic E-state index is 13.0. The van der Waals surface area contributed by atoms with Gasteiger partial charge in [0.2, 0.25) is 11.6 Å². The number of oxazole rings is 1. The van der Waals surface area contributed by atoms with E-state index in [9.17, 15) is 9.18 Å². The van der Waals surface area contributed by atoms with Crippen LogP contribution in [-0.2, 0) is 6.54 Å². The van der Waals surface area contributed by atoms with Crippen LogP contribution in [0.4, 0.5) is 20.7 Å². The van der Waals surface area contributed by atoms with Gasteiger partial charge in [-0.1, -0.05) is 0 Å². The Bertz CT molecular complexity index is 925. The molecule has 0 bridgehead atoms. The summed E-state index contributed by atoms with van der Waals surface area (Å²) in [6.45, 7) is 0.137. The number of aromatic nitrogens is 2. The SMILES string of the molecule is Nc1cc(NC(=O)NCc2ncco2)ncc1C(=[NH2+])c1ccc(F)cc1. The molecule has 26 heavy (non-hydrogen) atoms. The van der Waals surface area contributed by atoms with Gasteiger partial charge in [-0.15, -0.1) is 0 Å². The molecule has 0 fully saturated rings. The third kappa shape index (κ3) is 4.01. The number of anilines is 2. The zero-order chi connectivity index (χ0) is 18.5. The smallest absolute Gasteiger partial charge is 0.320 e. The highest BCUT2D eigenvalue weighted by molar-refractivity contribution is 6.12. The lowest BCUT2D eigenvalue weighted by atomic mass is 10.0. The van der Waals surface area contributed by atoms with Crippen molar-refractivity contribution in [1.82, 2.24) is 15.3 Å². The zero-order valence-corrected chi connectivity index (χ0v) is 13.6. The second-order valence-electron chi connectivity index (χ2n) is 5.31. The van der Waals surface area contributed by atoms with Crippen LogP contribution in [0.2, 0.25) is 0 Å². The lowest BCUT2D eigenvalue weighted by molar-refractivity contribution is -0.111. The molecule has 0 aliphatic carbocycles. The van der Waals surface area contributed by atoms with Gasteiger partial charge in [0.25, 0.3) is 0 Å². The van der Waals surface area contributed by atoms with Crippen molar-refractivity contribution in [3.63, 3.8) is 0 Å². The van der Waals surface area contributed by atoms with Crippen LogP contribution in [0.3, 0.4) is 0 Å². The highest BCUT2D eigenvalue weighted by atomic mass is 19.1. The third-order valence-corrected chi connectivity index (χ3v) is 3.51. The average Bonchev–Trinajstić information content (AvgIpc) is 3.14. The Labute approximate surface area is 147 Å². The van der Waals surface area contributed by atoms with Gasteiger partial charge in [-0.3, -0.25) is 10.7 Å². The van der Waals surface area contributed by atoms with E-state index in [2.05, 4.69) is 20.6 Å². The Morgan fingerprint density at radius 1 is 1.27 bits per heavy atom. The number of hydrogen-bond donors (Lipinski definition) is 4. The fraction of sp³-hybridized carbons (Fsp3) is 0.0588. The second kappa shape index (κ2) is 7.43. The highest BCUT2D eigenvalue weighted by Crippen LogP contribution is 2.18. The molecule has 2 amide bonds. The number of nitrogens with two attached hydrogens (primary N) is 2. The van der Waals surface area contributed by atoms with Gasteiger partial charge in [0.15, 0.2) is 0 Å². The molecule has 3 aromatic rings. The number of amides is 2. The molecule has 0 radical (unpaired) electrons. The van der Waals surface area contributed by atoms with Crippen LogP contribution in [0.25, 0.3) is 0 Å². The van der Waals surface area contributed by atoms with E-state index in [0.29, 0.717) is 28.4 Å². The average molecular weight is 355 g/mol. The largest absolute Gasteiger partial charge is 0.447 e. The summed E-state index contributed by atoms with van der Waals surface area (Å²) in [6.07, 6.45) is 4.34. The number of carbonyl (C=O) groups excluding carboxylic acids is 1. The Kier molecular flexibility index (Phi) is 4.88.